The minimum Gasteiger partial charge on any atom is -0.323 e. The van der Waals surface area contributed by atoms with E-state index in [4.69, 9.17) is 10.7 Å². The second kappa shape index (κ2) is 5.95. The molecule has 3 rings (SSSR count). The van der Waals surface area contributed by atoms with Crippen LogP contribution in [0.4, 0.5) is 0 Å². The highest BCUT2D eigenvalue weighted by molar-refractivity contribution is 9.10. The molecule has 2 N–H and O–H groups in total. The summed E-state index contributed by atoms with van der Waals surface area (Å²) in [4.78, 5) is 7.33. The van der Waals surface area contributed by atoms with Crippen LogP contribution in [0.3, 0.4) is 0 Å². The number of rotatable bonds is 3. The van der Waals surface area contributed by atoms with Crippen LogP contribution >= 0.6 is 39.0 Å². The molecular formula is C14H15BrN2S2. The highest BCUT2D eigenvalue weighted by Gasteiger charge is 2.21. The molecule has 0 radical (unpaired) electrons. The topological polar surface area (TPSA) is 38.9 Å². The number of hydrogen-bond donors (Lipinski definition) is 1. The van der Waals surface area contributed by atoms with Crippen molar-refractivity contribution in [1.82, 2.24) is 4.98 Å². The van der Waals surface area contributed by atoms with Crippen molar-refractivity contribution in [1.29, 1.82) is 0 Å². The van der Waals surface area contributed by atoms with Gasteiger partial charge in [0.25, 0.3) is 0 Å². The molecule has 0 aliphatic heterocycles. The largest absolute Gasteiger partial charge is 0.323 e. The third-order valence-electron chi connectivity index (χ3n) is 3.23. The molecule has 1 aliphatic carbocycles. The van der Waals surface area contributed by atoms with E-state index in [1.807, 2.05) is 17.8 Å². The van der Waals surface area contributed by atoms with E-state index in [2.05, 4.69) is 34.1 Å². The second-order valence-electron chi connectivity index (χ2n) is 4.64. The predicted molar refractivity (Wildman–Crippen MR) is 85.7 cm³/mol. The van der Waals surface area contributed by atoms with Crippen LogP contribution in [0.5, 0.6) is 0 Å². The Morgan fingerprint density at radius 1 is 1.42 bits per heavy atom. The lowest BCUT2D eigenvalue weighted by Crippen LogP contribution is -2.15. The summed E-state index contributed by atoms with van der Waals surface area (Å²) in [7, 11) is 0. The highest BCUT2D eigenvalue weighted by atomic mass is 79.9. The first kappa shape index (κ1) is 13.6. The normalized spacial score (nSPS) is 18.3. The Kier molecular flexibility index (Phi) is 4.27. The molecule has 2 aromatic rings. The molecule has 1 aromatic carbocycles. The fourth-order valence-electron chi connectivity index (χ4n) is 2.27. The lowest BCUT2D eigenvalue weighted by molar-refractivity contribution is 0.573. The fraction of sp³-hybridized carbons (Fsp3) is 0.357. The summed E-state index contributed by atoms with van der Waals surface area (Å²) in [6.45, 7) is 0. The van der Waals surface area contributed by atoms with Gasteiger partial charge in [0.05, 0.1) is 11.4 Å². The van der Waals surface area contributed by atoms with E-state index in [0.29, 0.717) is 0 Å². The maximum atomic E-state index is 6.15. The Labute approximate surface area is 129 Å². The predicted octanol–water partition coefficient (Wildman–Crippen LogP) is 4.53. The average molecular weight is 355 g/mol. The zero-order chi connectivity index (χ0) is 13.2. The lowest BCUT2D eigenvalue weighted by Gasteiger charge is -2.15. The van der Waals surface area contributed by atoms with Crippen LogP contribution < -0.4 is 5.73 Å². The van der Waals surface area contributed by atoms with E-state index < -0.39 is 0 Å². The number of fused-ring (bicyclic) bond motifs is 1. The van der Waals surface area contributed by atoms with Gasteiger partial charge in [0.1, 0.15) is 5.01 Å². The van der Waals surface area contributed by atoms with Crippen molar-refractivity contribution in [3.63, 3.8) is 0 Å². The van der Waals surface area contributed by atoms with E-state index in [1.165, 1.54) is 26.9 Å². The van der Waals surface area contributed by atoms with E-state index in [9.17, 15) is 0 Å². The molecule has 19 heavy (non-hydrogen) atoms. The quantitative estimate of drug-likeness (QED) is 0.822. The first-order valence-corrected chi connectivity index (χ1v) is 8.95. The molecule has 1 unspecified atom stereocenters. The molecule has 0 bridgehead atoms. The van der Waals surface area contributed by atoms with Gasteiger partial charge < -0.3 is 5.73 Å². The summed E-state index contributed by atoms with van der Waals surface area (Å²) in [6.07, 6.45) is 3.37. The Balaban J connectivity index is 1.73. The van der Waals surface area contributed by atoms with Gasteiger partial charge in [-0.15, -0.1) is 23.1 Å². The van der Waals surface area contributed by atoms with Crippen molar-refractivity contribution in [2.24, 2.45) is 5.73 Å². The van der Waals surface area contributed by atoms with Gasteiger partial charge in [0.15, 0.2) is 0 Å². The molecule has 1 atom stereocenters. The van der Waals surface area contributed by atoms with Crippen molar-refractivity contribution in [3.8, 4) is 0 Å². The molecule has 0 saturated carbocycles. The summed E-state index contributed by atoms with van der Waals surface area (Å²) in [5.41, 5.74) is 7.39. The molecule has 0 saturated heterocycles. The fourth-order valence-corrected chi connectivity index (χ4v) is 4.98. The van der Waals surface area contributed by atoms with E-state index in [0.717, 1.165) is 23.1 Å². The van der Waals surface area contributed by atoms with Gasteiger partial charge in [0, 0.05) is 20.3 Å². The molecule has 1 aliphatic rings. The van der Waals surface area contributed by atoms with Gasteiger partial charge in [-0.2, -0.15) is 0 Å². The minimum absolute atomic E-state index is 0.212. The van der Waals surface area contributed by atoms with Crippen molar-refractivity contribution in [2.45, 2.75) is 36.0 Å². The highest BCUT2D eigenvalue weighted by Crippen LogP contribution is 2.36. The molecule has 2 nitrogen and oxygen atoms in total. The van der Waals surface area contributed by atoms with Crippen molar-refractivity contribution in [2.75, 3.05) is 0 Å². The van der Waals surface area contributed by atoms with Gasteiger partial charge in [-0.05, 0) is 47.3 Å². The van der Waals surface area contributed by atoms with Crippen LogP contribution in [0.15, 0.2) is 33.6 Å². The number of thiazole rings is 1. The van der Waals surface area contributed by atoms with Gasteiger partial charge in [0.2, 0.25) is 0 Å². The van der Waals surface area contributed by atoms with Crippen LogP contribution in [0, 0.1) is 0 Å². The zero-order valence-corrected chi connectivity index (χ0v) is 13.7. The summed E-state index contributed by atoms with van der Waals surface area (Å²) in [5.74, 6) is 0.924. The number of thioether (sulfide) groups is 1. The summed E-state index contributed by atoms with van der Waals surface area (Å²) in [5, 5.41) is 1.20. The van der Waals surface area contributed by atoms with Crippen LogP contribution in [0.2, 0.25) is 0 Å². The van der Waals surface area contributed by atoms with Gasteiger partial charge in [-0.3, -0.25) is 0 Å². The first-order valence-electron chi connectivity index (χ1n) is 6.35. The monoisotopic (exact) mass is 354 g/mol. The number of nitrogens with two attached hydrogens (primary N) is 1. The first-order chi connectivity index (χ1) is 9.24. The Morgan fingerprint density at radius 3 is 3.05 bits per heavy atom. The van der Waals surface area contributed by atoms with E-state index in [1.54, 1.807) is 11.3 Å². The number of benzene rings is 1. The third-order valence-corrected chi connectivity index (χ3v) is 6.68. The SMILES string of the molecule is NC1CCCc2nc(CSc3ccccc3Br)sc21. The van der Waals surface area contributed by atoms with Crippen LogP contribution in [-0.4, -0.2) is 4.98 Å². The van der Waals surface area contributed by atoms with E-state index >= 15 is 0 Å². The van der Waals surface area contributed by atoms with Gasteiger partial charge >= 0.3 is 0 Å². The molecule has 0 amide bonds. The number of hydrogen-bond acceptors (Lipinski definition) is 4. The Morgan fingerprint density at radius 2 is 2.26 bits per heavy atom. The third kappa shape index (κ3) is 3.05. The number of aromatic nitrogens is 1. The molecule has 0 spiro atoms. The molecule has 1 heterocycles. The maximum absolute atomic E-state index is 6.15. The number of nitrogens with zero attached hydrogens (tertiary/aromatic N) is 1. The smallest absolute Gasteiger partial charge is 0.103 e. The maximum Gasteiger partial charge on any atom is 0.103 e. The van der Waals surface area contributed by atoms with Gasteiger partial charge in [-0.25, -0.2) is 4.98 Å². The lowest BCUT2D eigenvalue weighted by atomic mass is 9.99. The summed E-state index contributed by atoms with van der Waals surface area (Å²) >= 11 is 7.20. The summed E-state index contributed by atoms with van der Waals surface area (Å²) in [6, 6.07) is 8.52. The average Bonchev–Trinajstić information content (AvgIpc) is 2.82. The van der Waals surface area contributed by atoms with Crippen LogP contribution in [0.1, 0.15) is 34.5 Å². The Bertz CT molecular complexity index is 583. The molecule has 100 valence electrons. The summed E-state index contributed by atoms with van der Waals surface area (Å²) < 4.78 is 1.15. The molecule has 1 aromatic heterocycles. The minimum atomic E-state index is 0.212. The van der Waals surface area contributed by atoms with Crippen molar-refractivity contribution in [3.05, 3.63) is 44.3 Å². The number of halogens is 1. The van der Waals surface area contributed by atoms with E-state index in [-0.39, 0.29) is 6.04 Å². The second-order valence-corrected chi connectivity index (χ2v) is 7.62. The van der Waals surface area contributed by atoms with Crippen molar-refractivity contribution >= 4 is 39.0 Å². The number of aryl methyl sites for hydroxylation is 1. The Hall–Kier alpha value is -0.360. The molecular weight excluding hydrogens is 340 g/mol. The van der Waals surface area contributed by atoms with Crippen LogP contribution in [0.25, 0.3) is 0 Å². The van der Waals surface area contributed by atoms with Crippen LogP contribution in [-0.2, 0) is 12.2 Å². The standard InChI is InChI=1S/C14H15BrN2S2/c15-9-4-1-2-7-12(9)18-8-13-17-11-6-3-5-10(16)14(11)19-13/h1-2,4,7,10H,3,5-6,8,16H2. The zero-order valence-electron chi connectivity index (χ0n) is 10.4. The molecule has 0 fully saturated rings. The van der Waals surface area contributed by atoms with Gasteiger partial charge in [-0.1, -0.05) is 12.1 Å². The van der Waals surface area contributed by atoms with Crippen molar-refractivity contribution < 1.29 is 0 Å². The molecule has 5 heteroatoms.